The molecule has 0 N–H and O–H groups in total. The quantitative estimate of drug-likeness (QED) is 0.851. The van der Waals surface area contributed by atoms with Gasteiger partial charge in [0.25, 0.3) is 0 Å². The minimum Gasteiger partial charge on any atom is -0.381 e. The number of hydrogen-bond donors (Lipinski definition) is 0. The number of hydrogen-bond acceptors (Lipinski definition) is 2. The van der Waals surface area contributed by atoms with Gasteiger partial charge < -0.3 is 9.64 Å². The van der Waals surface area contributed by atoms with Crippen LogP contribution >= 0.6 is 0 Å². The van der Waals surface area contributed by atoms with E-state index in [1.807, 2.05) is 4.90 Å². The van der Waals surface area contributed by atoms with Gasteiger partial charge in [-0.15, -0.1) is 0 Å². The number of nitrogens with zero attached hydrogens (tertiary/aromatic N) is 1. The van der Waals surface area contributed by atoms with Crippen LogP contribution < -0.4 is 4.90 Å². The van der Waals surface area contributed by atoms with Crippen LogP contribution in [0.4, 0.5) is 5.69 Å². The number of anilines is 1. The summed E-state index contributed by atoms with van der Waals surface area (Å²) in [7, 11) is 0. The van der Waals surface area contributed by atoms with E-state index in [9.17, 15) is 4.79 Å². The van der Waals surface area contributed by atoms with Crippen molar-refractivity contribution in [1.29, 1.82) is 0 Å². The van der Waals surface area contributed by atoms with Gasteiger partial charge >= 0.3 is 0 Å². The topological polar surface area (TPSA) is 29.5 Å². The van der Waals surface area contributed by atoms with E-state index in [4.69, 9.17) is 4.74 Å². The molecule has 0 aliphatic carbocycles. The highest BCUT2D eigenvalue weighted by molar-refractivity contribution is 5.97. The SMILES string of the molecule is CCC(C)c1ccc2c(c1)CCN2C(=O)C1CCOCC1. The number of carbonyl (C=O) groups excluding carboxylic acids is 1. The zero-order valence-electron chi connectivity index (χ0n) is 13.1. The summed E-state index contributed by atoms with van der Waals surface area (Å²) in [6, 6.07) is 6.66. The highest BCUT2D eigenvalue weighted by Crippen LogP contribution is 2.33. The molecular weight excluding hydrogens is 262 g/mol. The fraction of sp³-hybridized carbons (Fsp3) is 0.611. The van der Waals surface area contributed by atoms with Gasteiger partial charge in [-0.2, -0.15) is 0 Å². The van der Waals surface area contributed by atoms with Gasteiger partial charge in [0.05, 0.1) is 0 Å². The monoisotopic (exact) mass is 287 g/mol. The Kier molecular flexibility index (Phi) is 4.29. The van der Waals surface area contributed by atoms with Crippen LogP contribution in [0.25, 0.3) is 0 Å². The summed E-state index contributed by atoms with van der Waals surface area (Å²) >= 11 is 0. The third-order valence-corrected chi connectivity index (χ3v) is 5.02. The van der Waals surface area contributed by atoms with Crippen molar-refractivity contribution in [3.8, 4) is 0 Å². The summed E-state index contributed by atoms with van der Waals surface area (Å²) in [5, 5.41) is 0. The minimum absolute atomic E-state index is 0.152. The Balaban J connectivity index is 1.78. The van der Waals surface area contributed by atoms with Gasteiger partial charge in [0, 0.05) is 31.4 Å². The maximum Gasteiger partial charge on any atom is 0.230 e. The predicted molar refractivity (Wildman–Crippen MR) is 84.7 cm³/mol. The largest absolute Gasteiger partial charge is 0.381 e. The van der Waals surface area contributed by atoms with Gasteiger partial charge in [-0.3, -0.25) is 4.79 Å². The summed E-state index contributed by atoms with van der Waals surface area (Å²) in [6.45, 7) is 6.78. The van der Waals surface area contributed by atoms with Crippen LogP contribution in [0.3, 0.4) is 0 Å². The Morgan fingerprint density at radius 2 is 2.14 bits per heavy atom. The van der Waals surface area contributed by atoms with Gasteiger partial charge in [0.1, 0.15) is 0 Å². The fourth-order valence-electron chi connectivity index (χ4n) is 3.36. The van der Waals surface area contributed by atoms with Gasteiger partial charge in [-0.1, -0.05) is 26.0 Å². The molecule has 0 radical (unpaired) electrons. The van der Waals surface area contributed by atoms with Crippen molar-refractivity contribution < 1.29 is 9.53 Å². The van der Waals surface area contributed by atoms with E-state index >= 15 is 0 Å². The second kappa shape index (κ2) is 6.18. The number of amides is 1. The molecule has 2 aliphatic heterocycles. The predicted octanol–water partition coefficient (Wildman–Crippen LogP) is 3.52. The Morgan fingerprint density at radius 1 is 1.38 bits per heavy atom. The molecule has 1 saturated heterocycles. The first kappa shape index (κ1) is 14.6. The number of carbonyl (C=O) groups is 1. The summed E-state index contributed by atoms with van der Waals surface area (Å²) < 4.78 is 5.37. The Labute approximate surface area is 127 Å². The molecule has 114 valence electrons. The molecule has 1 aromatic rings. The second-order valence-electron chi connectivity index (χ2n) is 6.32. The molecule has 1 unspecified atom stereocenters. The van der Waals surface area contributed by atoms with Crippen LogP contribution in [-0.2, 0) is 16.0 Å². The molecule has 1 fully saturated rings. The number of ether oxygens (including phenoxy) is 1. The smallest absolute Gasteiger partial charge is 0.230 e. The zero-order chi connectivity index (χ0) is 14.8. The highest BCUT2D eigenvalue weighted by Gasteiger charge is 2.31. The molecule has 3 nitrogen and oxygen atoms in total. The average Bonchev–Trinajstić information content (AvgIpc) is 2.97. The lowest BCUT2D eigenvalue weighted by Gasteiger charge is -2.27. The molecule has 1 aromatic carbocycles. The van der Waals surface area contributed by atoms with Crippen LogP contribution in [0.15, 0.2) is 18.2 Å². The van der Waals surface area contributed by atoms with Crippen molar-refractivity contribution >= 4 is 11.6 Å². The van der Waals surface area contributed by atoms with Crippen LogP contribution in [0.2, 0.25) is 0 Å². The molecule has 0 spiro atoms. The Morgan fingerprint density at radius 3 is 2.86 bits per heavy atom. The van der Waals surface area contributed by atoms with Crippen molar-refractivity contribution in [2.45, 2.75) is 45.4 Å². The van der Waals surface area contributed by atoms with Crippen LogP contribution in [0.1, 0.15) is 50.2 Å². The molecule has 0 bridgehead atoms. The van der Waals surface area contributed by atoms with Crippen molar-refractivity contribution in [1.82, 2.24) is 0 Å². The normalized spacial score (nSPS) is 20.4. The first-order valence-corrected chi connectivity index (χ1v) is 8.22. The van der Waals surface area contributed by atoms with Crippen LogP contribution in [-0.4, -0.2) is 25.7 Å². The lowest BCUT2D eigenvalue weighted by atomic mass is 9.95. The number of benzene rings is 1. The molecule has 1 atom stereocenters. The first-order chi connectivity index (χ1) is 10.2. The molecule has 2 aliphatic rings. The minimum atomic E-state index is 0.152. The number of fused-ring (bicyclic) bond motifs is 1. The Hall–Kier alpha value is -1.35. The van der Waals surface area contributed by atoms with E-state index in [-0.39, 0.29) is 5.92 Å². The molecule has 21 heavy (non-hydrogen) atoms. The maximum absolute atomic E-state index is 12.7. The van der Waals surface area contributed by atoms with Crippen molar-refractivity contribution in [2.24, 2.45) is 5.92 Å². The molecule has 3 rings (SSSR count). The summed E-state index contributed by atoms with van der Waals surface area (Å²) in [4.78, 5) is 14.7. The van der Waals surface area contributed by atoms with Gasteiger partial charge in [-0.05, 0) is 48.8 Å². The lowest BCUT2D eigenvalue weighted by molar-refractivity contribution is -0.125. The molecule has 0 saturated carbocycles. The van der Waals surface area contributed by atoms with Crippen molar-refractivity contribution in [3.63, 3.8) is 0 Å². The molecular formula is C18H25NO2. The van der Waals surface area contributed by atoms with Crippen molar-refractivity contribution in [3.05, 3.63) is 29.3 Å². The van der Waals surface area contributed by atoms with E-state index in [0.717, 1.165) is 51.1 Å². The maximum atomic E-state index is 12.7. The van der Waals surface area contributed by atoms with E-state index < -0.39 is 0 Å². The van der Waals surface area contributed by atoms with Gasteiger partial charge in [0.2, 0.25) is 5.91 Å². The summed E-state index contributed by atoms with van der Waals surface area (Å²) in [5.41, 5.74) is 3.88. The Bertz CT molecular complexity index is 520. The van der Waals surface area contributed by atoms with Gasteiger partial charge in [0.15, 0.2) is 0 Å². The zero-order valence-corrected chi connectivity index (χ0v) is 13.1. The molecule has 3 heteroatoms. The van der Waals surface area contributed by atoms with Crippen LogP contribution in [0, 0.1) is 5.92 Å². The third kappa shape index (κ3) is 2.84. The summed E-state index contributed by atoms with van der Waals surface area (Å²) in [6.07, 6.45) is 3.89. The molecule has 0 aromatic heterocycles. The fourth-order valence-corrected chi connectivity index (χ4v) is 3.36. The standard InChI is InChI=1S/C18H25NO2/c1-3-13(2)15-4-5-17-16(12-15)6-9-19(17)18(20)14-7-10-21-11-8-14/h4-5,12-14H,3,6-11H2,1-2H3. The van der Waals surface area contributed by atoms with E-state index in [0.29, 0.717) is 11.8 Å². The lowest BCUT2D eigenvalue weighted by Crippen LogP contribution is -2.37. The van der Waals surface area contributed by atoms with E-state index in [2.05, 4.69) is 32.0 Å². The molecule has 1 amide bonds. The average molecular weight is 287 g/mol. The van der Waals surface area contributed by atoms with E-state index in [1.54, 1.807) is 0 Å². The van der Waals surface area contributed by atoms with Gasteiger partial charge in [-0.25, -0.2) is 0 Å². The second-order valence-corrected chi connectivity index (χ2v) is 6.32. The summed E-state index contributed by atoms with van der Waals surface area (Å²) in [5.74, 6) is 1.04. The highest BCUT2D eigenvalue weighted by atomic mass is 16.5. The van der Waals surface area contributed by atoms with Crippen molar-refractivity contribution in [2.75, 3.05) is 24.7 Å². The first-order valence-electron chi connectivity index (χ1n) is 8.22. The molecule has 2 heterocycles. The van der Waals surface area contributed by atoms with E-state index in [1.165, 1.54) is 11.1 Å². The van der Waals surface area contributed by atoms with Crippen LogP contribution in [0.5, 0.6) is 0 Å². The number of rotatable bonds is 3. The third-order valence-electron chi connectivity index (χ3n) is 5.02.